The van der Waals surface area contributed by atoms with E-state index in [-0.39, 0.29) is 65.6 Å². The van der Waals surface area contributed by atoms with Gasteiger partial charge in [0.1, 0.15) is 23.1 Å². The standard InChI is InChI=1S/C23H20Br2Cl2F2N4O2/c1-4-9-33(17(34)10-12-15(28)7-5-13(26)20(12)24)31-23-19(22(35)11(2)30-32(23)3)18-16(29)8-6-14(27)21(18)25/h5-8,35H,4,9-10H2,1-3H3. The zero-order valence-corrected chi connectivity index (χ0v) is 23.5. The lowest BCUT2D eigenvalue weighted by molar-refractivity contribution is -0.130. The molecule has 0 saturated carbocycles. The number of halogens is 6. The SMILES string of the molecule is CCCN(N=c1c(-c2c(F)ccc(Cl)c2Br)c(O)c(C)nn1C)C(=O)Cc1c(F)ccc(Cl)c1Br. The van der Waals surface area contributed by atoms with E-state index in [1.54, 1.807) is 14.0 Å². The van der Waals surface area contributed by atoms with E-state index in [4.69, 9.17) is 23.2 Å². The maximum Gasteiger partial charge on any atom is 0.247 e. The number of aromatic hydroxyl groups is 1. The summed E-state index contributed by atoms with van der Waals surface area (Å²) in [4.78, 5) is 13.2. The van der Waals surface area contributed by atoms with Crippen LogP contribution in [0.25, 0.3) is 11.1 Å². The van der Waals surface area contributed by atoms with Crippen LogP contribution >= 0.6 is 55.1 Å². The lowest BCUT2D eigenvalue weighted by Gasteiger charge is -2.19. The minimum atomic E-state index is -0.670. The maximum atomic E-state index is 15.0. The molecular weight excluding hydrogens is 633 g/mol. The quantitative estimate of drug-likeness (QED) is 0.244. The number of amides is 1. The number of nitrogens with zero attached hydrogens (tertiary/aromatic N) is 4. The van der Waals surface area contributed by atoms with Crippen molar-refractivity contribution in [2.45, 2.75) is 26.7 Å². The summed E-state index contributed by atoms with van der Waals surface area (Å²) in [6.45, 7) is 3.56. The number of hydrogen-bond acceptors (Lipinski definition) is 4. The predicted molar refractivity (Wildman–Crippen MR) is 138 cm³/mol. The molecule has 0 atom stereocenters. The van der Waals surface area contributed by atoms with Gasteiger partial charge < -0.3 is 5.11 Å². The highest BCUT2D eigenvalue weighted by Crippen LogP contribution is 2.39. The van der Waals surface area contributed by atoms with E-state index >= 15 is 0 Å². The Morgan fingerprint density at radius 3 is 2.34 bits per heavy atom. The van der Waals surface area contributed by atoms with Gasteiger partial charge in [0, 0.05) is 33.7 Å². The minimum absolute atomic E-state index is 0.00222. The van der Waals surface area contributed by atoms with Gasteiger partial charge in [0.05, 0.1) is 22.0 Å². The number of hydrogen-bond donors (Lipinski definition) is 1. The molecule has 0 saturated heterocycles. The summed E-state index contributed by atoms with van der Waals surface area (Å²) in [6, 6.07) is 5.09. The van der Waals surface area contributed by atoms with Gasteiger partial charge >= 0.3 is 0 Å². The molecule has 0 radical (unpaired) electrons. The molecule has 0 bridgehead atoms. The summed E-state index contributed by atoms with van der Waals surface area (Å²) in [7, 11) is 1.55. The molecule has 35 heavy (non-hydrogen) atoms. The summed E-state index contributed by atoms with van der Waals surface area (Å²) in [6.07, 6.45) is 0.185. The Morgan fingerprint density at radius 1 is 1.11 bits per heavy atom. The maximum absolute atomic E-state index is 15.0. The fourth-order valence-corrected chi connectivity index (χ4v) is 4.72. The second-order valence-corrected chi connectivity index (χ2v) is 9.99. The van der Waals surface area contributed by atoms with Crippen LogP contribution in [0.5, 0.6) is 5.75 Å². The molecule has 0 fully saturated rings. The lowest BCUT2D eigenvalue weighted by Crippen LogP contribution is -2.34. The number of carbonyl (C=O) groups is 1. The zero-order chi connectivity index (χ0) is 26.0. The average Bonchev–Trinajstić information content (AvgIpc) is 2.81. The van der Waals surface area contributed by atoms with Gasteiger partial charge in [0.25, 0.3) is 0 Å². The van der Waals surface area contributed by atoms with Crippen molar-refractivity contribution in [3.63, 3.8) is 0 Å². The van der Waals surface area contributed by atoms with Gasteiger partial charge in [0.15, 0.2) is 5.49 Å². The number of rotatable bonds is 6. The van der Waals surface area contributed by atoms with Crippen molar-refractivity contribution < 1.29 is 18.7 Å². The molecule has 0 unspecified atom stereocenters. The molecule has 12 heteroatoms. The van der Waals surface area contributed by atoms with E-state index in [0.717, 1.165) is 11.1 Å². The first-order valence-corrected chi connectivity index (χ1v) is 12.7. The van der Waals surface area contributed by atoms with Gasteiger partial charge in [0.2, 0.25) is 5.91 Å². The van der Waals surface area contributed by atoms with E-state index in [1.165, 1.54) is 22.9 Å². The Balaban J connectivity index is 2.24. The number of carbonyl (C=O) groups excluding carboxylic acids is 1. The molecule has 1 heterocycles. The Hall–Kier alpha value is -2.01. The summed E-state index contributed by atoms with van der Waals surface area (Å²) in [5, 5.41) is 21.1. The summed E-state index contributed by atoms with van der Waals surface area (Å²) >= 11 is 18.8. The third-order valence-corrected chi connectivity index (χ3v) is 7.93. The Bertz CT molecular complexity index is 1380. The highest BCUT2D eigenvalue weighted by atomic mass is 79.9. The van der Waals surface area contributed by atoms with E-state index < -0.39 is 17.5 Å². The Labute approximate surface area is 227 Å². The van der Waals surface area contributed by atoms with Crippen molar-refractivity contribution in [3.05, 3.63) is 71.6 Å². The van der Waals surface area contributed by atoms with Crippen molar-refractivity contribution in [1.29, 1.82) is 0 Å². The fourth-order valence-electron chi connectivity index (χ4n) is 3.40. The smallest absolute Gasteiger partial charge is 0.247 e. The fraction of sp³-hybridized carbons (Fsp3) is 0.261. The van der Waals surface area contributed by atoms with Crippen LogP contribution in [0.15, 0.2) is 38.3 Å². The highest BCUT2D eigenvalue weighted by molar-refractivity contribution is 9.11. The van der Waals surface area contributed by atoms with Gasteiger partial charge in [-0.05, 0) is 69.5 Å². The minimum Gasteiger partial charge on any atom is -0.505 e. The number of benzene rings is 2. The van der Waals surface area contributed by atoms with Crippen molar-refractivity contribution in [3.8, 4) is 16.9 Å². The van der Waals surface area contributed by atoms with Gasteiger partial charge in [-0.2, -0.15) is 5.10 Å². The molecule has 3 aromatic rings. The number of aromatic nitrogens is 2. The second-order valence-electron chi connectivity index (χ2n) is 7.59. The summed E-state index contributed by atoms with van der Waals surface area (Å²) < 4.78 is 31.2. The molecule has 0 aliphatic rings. The molecule has 0 aliphatic carbocycles. The van der Waals surface area contributed by atoms with Crippen LogP contribution in [0.2, 0.25) is 10.0 Å². The molecule has 186 valence electrons. The molecule has 1 aromatic heterocycles. The molecule has 1 amide bonds. The average molecular weight is 653 g/mol. The van der Waals surface area contributed by atoms with Crippen molar-refractivity contribution >= 4 is 61.0 Å². The largest absolute Gasteiger partial charge is 0.505 e. The van der Waals surface area contributed by atoms with E-state index in [0.29, 0.717) is 6.42 Å². The molecule has 1 N–H and O–H groups in total. The third kappa shape index (κ3) is 5.71. The topological polar surface area (TPSA) is 70.7 Å². The van der Waals surface area contributed by atoms with Gasteiger partial charge in [-0.15, -0.1) is 5.10 Å². The van der Waals surface area contributed by atoms with E-state index in [2.05, 4.69) is 42.1 Å². The van der Waals surface area contributed by atoms with Gasteiger partial charge in [-0.3, -0.25) is 4.79 Å². The summed E-state index contributed by atoms with van der Waals surface area (Å²) in [5.41, 5.74) is 0.253. The van der Waals surface area contributed by atoms with E-state index in [1.807, 2.05) is 6.92 Å². The Morgan fingerprint density at radius 2 is 1.71 bits per heavy atom. The van der Waals surface area contributed by atoms with Crippen LogP contribution in [-0.2, 0) is 18.3 Å². The van der Waals surface area contributed by atoms with Crippen LogP contribution < -0.4 is 5.49 Å². The lowest BCUT2D eigenvalue weighted by atomic mass is 10.0. The predicted octanol–water partition coefficient (Wildman–Crippen LogP) is 6.51. The van der Waals surface area contributed by atoms with E-state index in [9.17, 15) is 18.7 Å². The first-order chi connectivity index (χ1) is 16.5. The first-order valence-electron chi connectivity index (χ1n) is 10.4. The van der Waals surface area contributed by atoms with Crippen molar-refractivity contribution in [2.75, 3.05) is 6.54 Å². The van der Waals surface area contributed by atoms with Crippen LogP contribution in [-0.4, -0.2) is 32.3 Å². The Kier molecular flexibility index (Phi) is 8.96. The summed E-state index contributed by atoms with van der Waals surface area (Å²) in [5.74, 6) is -2.13. The highest BCUT2D eigenvalue weighted by Gasteiger charge is 2.24. The van der Waals surface area contributed by atoms with Crippen LogP contribution in [0, 0.1) is 18.6 Å². The molecule has 0 spiro atoms. The second kappa shape index (κ2) is 11.4. The van der Waals surface area contributed by atoms with Crippen LogP contribution in [0.4, 0.5) is 8.78 Å². The van der Waals surface area contributed by atoms with Gasteiger partial charge in [-0.25, -0.2) is 18.5 Å². The first kappa shape index (κ1) is 27.6. The van der Waals surface area contributed by atoms with Crippen LogP contribution in [0.1, 0.15) is 24.6 Å². The van der Waals surface area contributed by atoms with Gasteiger partial charge in [-0.1, -0.05) is 30.1 Å². The normalized spacial score (nSPS) is 11.7. The monoisotopic (exact) mass is 650 g/mol. The molecular formula is C23H20Br2Cl2F2N4O2. The molecule has 0 aliphatic heterocycles. The van der Waals surface area contributed by atoms with Crippen LogP contribution in [0.3, 0.4) is 0 Å². The number of aryl methyl sites for hydroxylation is 2. The molecule has 3 rings (SSSR count). The third-order valence-electron chi connectivity index (χ3n) is 5.11. The van der Waals surface area contributed by atoms with Crippen molar-refractivity contribution in [2.24, 2.45) is 12.1 Å². The zero-order valence-electron chi connectivity index (χ0n) is 18.8. The van der Waals surface area contributed by atoms with Crippen molar-refractivity contribution in [1.82, 2.24) is 14.8 Å². The molecule has 2 aromatic carbocycles. The molecule has 6 nitrogen and oxygen atoms in total.